The van der Waals surface area contributed by atoms with Crippen molar-refractivity contribution in [1.82, 2.24) is 9.13 Å². The summed E-state index contributed by atoms with van der Waals surface area (Å²) in [5.74, 6) is 0. The molecule has 0 unspecified atom stereocenters. The molecule has 182 valence electrons. The number of rotatable bonds is 2. The molecule has 0 atom stereocenters. The molecule has 0 fully saturated rings. The molecule has 9 aromatic rings. The smallest absolute Gasteiger partial charge is 0.0640 e. The molecule has 39 heavy (non-hydrogen) atoms. The summed E-state index contributed by atoms with van der Waals surface area (Å²) in [6.45, 7) is 0. The van der Waals surface area contributed by atoms with Crippen molar-refractivity contribution in [3.8, 4) is 11.4 Å². The summed E-state index contributed by atoms with van der Waals surface area (Å²) in [4.78, 5) is 0. The zero-order chi connectivity index (χ0) is 25.5. The van der Waals surface area contributed by atoms with E-state index in [4.69, 9.17) is 0 Å². The second kappa shape index (κ2) is 7.83. The van der Waals surface area contributed by atoms with Gasteiger partial charge in [-0.05, 0) is 71.4 Å². The third kappa shape index (κ3) is 2.96. The van der Waals surface area contributed by atoms with E-state index in [-0.39, 0.29) is 0 Å². The minimum Gasteiger partial charge on any atom is -0.317 e. The summed E-state index contributed by atoms with van der Waals surface area (Å²) in [5.41, 5.74) is 6.14. The van der Waals surface area contributed by atoms with Crippen molar-refractivity contribution in [2.45, 2.75) is 0 Å². The fraction of sp³-hybridized carbons (Fsp3) is 0. The van der Waals surface area contributed by atoms with Gasteiger partial charge in [-0.2, -0.15) is 0 Å². The summed E-state index contributed by atoms with van der Waals surface area (Å²) in [7, 11) is 0. The molecule has 0 N–H and O–H groups in total. The molecule has 3 heteroatoms. The summed E-state index contributed by atoms with van der Waals surface area (Å²) >= 11 is 1.89. The molecule has 0 radical (unpaired) electrons. The maximum Gasteiger partial charge on any atom is 0.0640 e. The molecule has 9 rings (SSSR count). The first-order valence-electron chi connectivity index (χ1n) is 13.3. The molecule has 0 spiro atoms. The van der Waals surface area contributed by atoms with Gasteiger partial charge in [0.1, 0.15) is 0 Å². The van der Waals surface area contributed by atoms with E-state index in [2.05, 4.69) is 143 Å². The SMILES string of the molecule is c1ccc(-n2ccc3cc4cc5c(cc4cc32)c2ccccc2n5-c2cccc3c2sc2ccccc23)cc1. The van der Waals surface area contributed by atoms with E-state index in [1.165, 1.54) is 75.0 Å². The molecular formula is C36H22N2S. The molecule has 0 saturated carbocycles. The van der Waals surface area contributed by atoms with E-state index in [9.17, 15) is 0 Å². The highest BCUT2D eigenvalue weighted by atomic mass is 32.1. The first-order chi connectivity index (χ1) is 19.3. The Balaban J connectivity index is 1.38. The Morgan fingerprint density at radius 1 is 0.462 bits per heavy atom. The van der Waals surface area contributed by atoms with Crippen LogP contribution in [0.25, 0.3) is 75.0 Å². The summed E-state index contributed by atoms with van der Waals surface area (Å²) in [6.07, 6.45) is 2.18. The second-order valence-electron chi connectivity index (χ2n) is 10.3. The second-order valence-corrected chi connectivity index (χ2v) is 11.3. The van der Waals surface area contributed by atoms with Crippen molar-refractivity contribution < 1.29 is 0 Å². The van der Waals surface area contributed by atoms with Crippen LogP contribution < -0.4 is 0 Å². The van der Waals surface area contributed by atoms with Gasteiger partial charge in [0.05, 0.1) is 26.9 Å². The number of aromatic nitrogens is 2. The largest absolute Gasteiger partial charge is 0.317 e. The lowest BCUT2D eigenvalue weighted by Gasteiger charge is -2.10. The van der Waals surface area contributed by atoms with Crippen LogP contribution in [0.4, 0.5) is 0 Å². The third-order valence-corrected chi connectivity index (χ3v) is 9.31. The average molecular weight is 515 g/mol. The molecular weight excluding hydrogens is 492 g/mol. The van der Waals surface area contributed by atoms with Gasteiger partial charge in [-0.25, -0.2) is 0 Å². The monoisotopic (exact) mass is 514 g/mol. The highest BCUT2D eigenvalue weighted by Gasteiger charge is 2.17. The topological polar surface area (TPSA) is 9.86 Å². The molecule has 0 bridgehead atoms. The molecule has 2 nitrogen and oxygen atoms in total. The van der Waals surface area contributed by atoms with Gasteiger partial charge in [-0.3, -0.25) is 0 Å². The molecule has 6 aromatic carbocycles. The normalized spacial score (nSPS) is 12.1. The van der Waals surface area contributed by atoms with Crippen LogP contribution in [0.1, 0.15) is 0 Å². The van der Waals surface area contributed by atoms with E-state index in [0.717, 1.165) is 0 Å². The van der Waals surface area contributed by atoms with Gasteiger partial charge in [0.2, 0.25) is 0 Å². The lowest BCUT2D eigenvalue weighted by molar-refractivity contribution is 1.13. The van der Waals surface area contributed by atoms with Crippen molar-refractivity contribution in [2.75, 3.05) is 0 Å². The Bertz CT molecular complexity index is 2390. The van der Waals surface area contributed by atoms with Crippen LogP contribution in [-0.2, 0) is 0 Å². The Labute approximate surface area is 228 Å². The Morgan fingerprint density at radius 3 is 2.13 bits per heavy atom. The lowest BCUT2D eigenvalue weighted by Crippen LogP contribution is -1.94. The van der Waals surface area contributed by atoms with Gasteiger partial charge in [0.15, 0.2) is 0 Å². The molecule has 0 amide bonds. The van der Waals surface area contributed by atoms with E-state index in [1.54, 1.807) is 0 Å². The Morgan fingerprint density at radius 2 is 1.21 bits per heavy atom. The Hall–Kier alpha value is -4.86. The van der Waals surface area contributed by atoms with Gasteiger partial charge in [0, 0.05) is 43.5 Å². The zero-order valence-corrected chi connectivity index (χ0v) is 21.8. The van der Waals surface area contributed by atoms with Crippen LogP contribution in [0.2, 0.25) is 0 Å². The highest BCUT2D eigenvalue weighted by molar-refractivity contribution is 7.26. The van der Waals surface area contributed by atoms with Crippen molar-refractivity contribution >= 4 is 75.0 Å². The van der Waals surface area contributed by atoms with Gasteiger partial charge >= 0.3 is 0 Å². The number of para-hydroxylation sites is 2. The molecule has 0 saturated heterocycles. The predicted octanol–water partition coefficient (Wildman–Crippen LogP) is 10.2. The van der Waals surface area contributed by atoms with Crippen LogP contribution in [0, 0.1) is 0 Å². The van der Waals surface area contributed by atoms with E-state index in [0.29, 0.717) is 0 Å². The van der Waals surface area contributed by atoms with Crippen LogP contribution in [0.15, 0.2) is 134 Å². The number of thiophene rings is 1. The van der Waals surface area contributed by atoms with Crippen LogP contribution in [0.3, 0.4) is 0 Å². The van der Waals surface area contributed by atoms with Crippen molar-refractivity contribution in [2.24, 2.45) is 0 Å². The fourth-order valence-electron chi connectivity index (χ4n) is 6.33. The minimum atomic E-state index is 1.18. The minimum absolute atomic E-state index is 1.18. The molecule has 0 aliphatic carbocycles. The van der Waals surface area contributed by atoms with Gasteiger partial charge in [-0.15, -0.1) is 11.3 Å². The summed E-state index contributed by atoms with van der Waals surface area (Å²) in [5, 5.41) is 8.99. The number of hydrogen-bond acceptors (Lipinski definition) is 1. The average Bonchev–Trinajstić information content (AvgIpc) is 3.67. The molecule has 3 heterocycles. The van der Waals surface area contributed by atoms with Crippen LogP contribution >= 0.6 is 11.3 Å². The van der Waals surface area contributed by atoms with Gasteiger partial charge in [0.25, 0.3) is 0 Å². The van der Waals surface area contributed by atoms with Crippen molar-refractivity contribution in [1.29, 1.82) is 0 Å². The maximum atomic E-state index is 2.47. The predicted molar refractivity (Wildman–Crippen MR) is 168 cm³/mol. The summed E-state index contributed by atoms with van der Waals surface area (Å²) in [6, 6.07) is 46.6. The van der Waals surface area contributed by atoms with E-state index < -0.39 is 0 Å². The zero-order valence-electron chi connectivity index (χ0n) is 21.0. The van der Waals surface area contributed by atoms with Gasteiger partial charge < -0.3 is 9.13 Å². The van der Waals surface area contributed by atoms with Crippen LogP contribution in [-0.4, -0.2) is 9.13 Å². The fourth-order valence-corrected chi connectivity index (χ4v) is 7.54. The van der Waals surface area contributed by atoms with Crippen LogP contribution in [0.5, 0.6) is 0 Å². The van der Waals surface area contributed by atoms with Crippen molar-refractivity contribution in [3.63, 3.8) is 0 Å². The Kier molecular flexibility index (Phi) is 4.24. The lowest BCUT2D eigenvalue weighted by atomic mass is 10.0. The number of benzene rings is 6. The van der Waals surface area contributed by atoms with E-state index in [1.807, 2.05) is 11.3 Å². The van der Waals surface area contributed by atoms with Crippen molar-refractivity contribution in [3.05, 3.63) is 134 Å². The molecule has 3 aromatic heterocycles. The maximum absolute atomic E-state index is 2.47. The quantitative estimate of drug-likeness (QED) is 0.217. The van der Waals surface area contributed by atoms with E-state index >= 15 is 0 Å². The summed E-state index contributed by atoms with van der Waals surface area (Å²) < 4.78 is 7.42. The third-order valence-electron chi connectivity index (χ3n) is 8.10. The number of fused-ring (bicyclic) bond motifs is 8. The number of hydrogen-bond donors (Lipinski definition) is 0. The van der Waals surface area contributed by atoms with Gasteiger partial charge in [-0.1, -0.05) is 66.7 Å². The number of nitrogens with zero attached hydrogens (tertiary/aromatic N) is 2. The first-order valence-corrected chi connectivity index (χ1v) is 14.1. The molecule has 0 aliphatic rings. The highest BCUT2D eigenvalue weighted by Crippen LogP contribution is 2.41. The standard InChI is InChI=1S/C36H22N2S/c1-2-9-26(10-3-1)37-18-17-23-19-24-22-34-30(20-25(24)21-33(23)37)27-11-4-6-14-31(27)38(34)32-15-8-13-29-28-12-5-7-16-35(28)39-36(29)32/h1-22H. The molecule has 0 aliphatic heterocycles. The first kappa shape index (κ1) is 21.1.